The van der Waals surface area contributed by atoms with Crippen molar-refractivity contribution in [3.05, 3.63) is 52.9 Å². The summed E-state index contributed by atoms with van der Waals surface area (Å²) in [6.07, 6.45) is 1.33. The van der Waals surface area contributed by atoms with E-state index in [-0.39, 0.29) is 6.10 Å². The highest BCUT2D eigenvalue weighted by molar-refractivity contribution is 6.31. The first-order valence-corrected chi connectivity index (χ1v) is 5.75. The fourth-order valence-electron chi connectivity index (χ4n) is 1.55. The van der Waals surface area contributed by atoms with Gasteiger partial charge in [0.2, 0.25) is 0 Å². The summed E-state index contributed by atoms with van der Waals surface area (Å²) in [7, 11) is 0. The Morgan fingerprint density at radius 2 is 2.24 bits per heavy atom. The molecule has 1 unspecified atom stereocenters. The van der Waals surface area contributed by atoms with Gasteiger partial charge in [0.25, 0.3) is 0 Å². The molecule has 1 heterocycles. The highest BCUT2D eigenvalue weighted by atomic mass is 35.5. The lowest BCUT2D eigenvalue weighted by Gasteiger charge is -2.15. The molecular weight excluding hydrogens is 238 g/mol. The molecule has 0 saturated heterocycles. The summed E-state index contributed by atoms with van der Waals surface area (Å²) in [5, 5.41) is 0.722. The number of rotatable bonds is 4. The van der Waals surface area contributed by atoms with Crippen molar-refractivity contribution < 1.29 is 9.15 Å². The number of furan rings is 1. The molecule has 0 aliphatic heterocycles. The molecule has 1 aromatic heterocycles. The maximum Gasteiger partial charge on any atom is 0.168 e. The van der Waals surface area contributed by atoms with Crippen molar-refractivity contribution in [3.8, 4) is 5.75 Å². The second kappa shape index (κ2) is 5.25. The first-order chi connectivity index (χ1) is 8.20. The van der Waals surface area contributed by atoms with Crippen molar-refractivity contribution in [1.29, 1.82) is 0 Å². The molecule has 17 heavy (non-hydrogen) atoms. The van der Waals surface area contributed by atoms with E-state index in [1.807, 2.05) is 37.3 Å². The highest BCUT2D eigenvalue weighted by Crippen LogP contribution is 2.25. The molecule has 0 aliphatic carbocycles. The molecule has 1 atom stereocenters. The molecule has 0 bridgehead atoms. The first kappa shape index (κ1) is 12.0. The van der Waals surface area contributed by atoms with E-state index < -0.39 is 0 Å². The number of aryl methyl sites for hydroxylation is 1. The van der Waals surface area contributed by atoms with Crippen LogP contribution in [0.3, 0.4) is 0 Å². The zero-order valence-electron chi connectivity index (χ0n) is 9.52. The second-order valence-electron chi connectivity index (χ2n) is 3.77. The Balaban J connectivity index is 2.16. The van der Waals surface area contributed by atoms with E-state index in [9.17, 15) is 0 Å². The van der Waals surface area contributed by atoms with Crippen LogP contribution in [0.4, 0.5) is 0 Å². The van der Waals surface area contributed by atoms with Crippen molar-refractivity contribution >= 4 is 11.6 Å². The number of hydrogen-bond acceptors (Lipinski definition) is 3. The average molecular weight is 252 g/mol. The Bertz CT molecular complexity index is 482. The summed E-state index contributed by atoms with van der Waals surface area (Å²) in [5.74, 6) is 1.46. The van der Waals surface area contributed by atoms with Gasteiger partial charge in [0.05, 0.1) is 6.26 Å². The van der Waals surface area contributed by atoms with Gasteiger partial charge in [-0.2, -0.15) is 0 Å². The Morgan fingerprint density at radius 1 is 1.41 bits per heavy atom. The van der Waals surface area contributed by atoms with Crippen LogP contribution in [0, 0.1) is 6.92 Å². The van der Waals surface area contributed by atoms with E-state index >= 15 is 0 Å². The number of benzene rings is 1. The SMILES string of the molecule is Cc1cc(OC(CN)c2ccco2)ccc1Cl. The lowest BCUT2D eigenvalue weighted by molar-refractivity contribution is 0.184. The smallest absolute Gasteiger partial charge is 0.168 e. The predicted octanol–water partition coefficient (Wildman–Crippen LogP) is 3.32. The fourth-order valence-corrected chi connectivity index (χ4v) is 1.67. The van der Waals surface area contributed by atoms with Crippen LogP contribution < -0.4 is 10.5 Å². The quantitative estimate of drug-likeness (QED) is 0.907. The van der Waals surface area contributed by atoms with Crippen LogP contribution >= 0.6 is 11.6 Å². The van der Waals surface area contributed by atoms with E-state index in [0.717, 1.165) is 22.1 Å². The molecule has 4 heteroatoms. The van der Waals surface area contributed by atoms with Crippen LogP contribution in [-0.4, -0.2) is 6.54 Å². The lowest BCUT2D eigenvalue weighted by Crippen LogP contribution is -2.17. The Hall–Kier alpha value is -1.45. The van der Waals surface area contributed by atoms with Gasteiger partial charge < -0.3 is 14.9 Å². The summed E-state index contributed by atoms with van der Waals surface area (Å²) in [5.41, 5.74) is 6.64. The molecule has 2 rings (SSSR count). The van der Waals surface area contributed by atoms with E-state index in [0.29, 0.717) is 6.54 Å². The number of nitrogens with two attached hydrogens (primary N) is 1. The van der Waals surface area contributed by atoms with E-state index in [4.69, 9.17) is 26.5 Å². The van der Waals surface area contributed by atoms with Crippen LogP contribution in [0.5, 0.6) is 5.75 Å². The molecule has 0 saturated carbocycles. The zero-order chi connectivity index (χ0) is 12.3. The van der Waals surface area contributed by atoms with Gasteiger partial charge in [0.1, 0.15) is 11.5 Å². The van der Waals surface area contributed by atoms with E-state index in [1.54, 1.807) is 6.26 Å². The largest absolute Gasteiger partial charge is 0.481 e. The van der Waals surface area contributed by atoms with Crippen LogP contribution in [0.15, 0.2) is 41.0 Å². The Labute approximate surface area is 105 Å². The lowest BCUT2D eigenvalue weighted by atomic mass is 10.2. The molecule has 2 N–H and O–H groups in total. The third-order valence-corrected chi connectivity index (χ3v) is 2.91. The minimum absolute atomic E-state index is 0.273. The van der Waals surface area contributed by atoms with Gasteiger partial charge in [-0.05, 0) is 42.8 Å². The maximum absolute atomic E-state index is 5.95. The molecule has 0 amide bonds. The summed E-state index contributed by atoms with van der Waals surface area (Å²) in [4.78, 5) is 0. The maximum atomic E-state index is 5.95. The molecule has 2 aromatic rings. The van der Waals surface area contributed by atoms with Crippen molar-refractivity contribution in [3.63, 3.8) is 0 Å². The molecule has 3 nitrogen and oxygen atoms in total. The summed E-state index contributed by atoms with van der Waals surface area (Å²) in [6, 6.07) is 9.17. The van der Waals surface area contributed by atoms with E-state index in [2.05, 4.69) is 0 Å². The zero-order valence-corrected chi connectivity index (χ0v) is 10.3. The summed E-state index contributed by atoms with van der Waals surface area (Å²) in [6.45, 7) is 2.29. The molecule has 0 fully saturated rings. The van der Waals surface area contributed by atoms with Gasteiger partial charge in [-0.25, -0.2) is 0 Å². The van der Waals surface area contributed by atoms with Crippen LogP contribution in [0.25, 0.3) is 0 Å². The minimum atomic E-state index is -0.273. The van der Waals surface area contributed by atoms with E-state index in [1.165, 1.54) is 0 Å². The average Bonchev–Trinajstić information content (AvgIpc) is 2.84. The predicted molar refractivity (Wildman–Crippen MR) is 67.3 cm³/mol. The summed E-state index contributed by atoms with van der Waals surface area (Å²) < 4.78 is 11.0. The Kier molecular flexibility index (Phi) is 3.71. The molecule has 0 spiro atoms. The molecule has 1 aromatic carbocycles. The second-order valence-corrected chi connectivity index (χ2v) is 4.18. The van der Waals surface area contributed by atoms with Gasteiger partial charge in [-0.15, -0.1) is 0 Å². The highest BCUT2D eigenvalue weighted by Gasteiger charge is 2.14. The molecule has 0 aliphatic rings. The number of ether oxygens (including phenoxy) is 1. The molecule has 90 valence electrons. The van der Waals surface area contributed by atoms with Crippen LogP contribution in [-0.2, 0) is 0 Å². The van der Waals surface area contributed by atoms with Crippen molar-refractivity contribution in [2.75, 3.05) is 6.54 Å². The third kappa shape index (κ3) is 2.81. The Morgan fingerprint density at radius 3 is 2.82 bits per heavy atom. The standard InChI is InChI=1S/C13H14ClNO2/c1-9-7-10(4-5-11(9)14)17-13(8-15)12-3-2-6-16-12/h2-7,13H,8,15H2,1H3. The first-order valence-electron chi connectivity index (χ1n) is 5.37. The summed E-state index contributed by atoms with van der Waals surface area (Å²) >= 11 is 5.95. The van der Waals surface area contributed by atoms with Crippen LogP contribution in [0.2, 0.25) is 5.02 Å². The number of halogens is 1. The van der Waals surface area contributed by atoms with Gasteiger partial charge in [0, 0.05) is 11.6 Å². The van der Waals surface area contributed by atoms with Gasteiger partial charge in [-0.1, -0.05) is 11.6 Å². The van der Waals surface area contributed by atoms with Gasteiger partial charge >= 0.3 is 0 Å². The normalized spacial score (nSPS) is 12.4. The van der Waals surface area contributed by atoms with Crippen molar-refractivity contribution in [2.24, 2.45) is 5.73 Å². The van der Waals surface area contributed by atoms with Crippen molar-refractivity contribution in [2.45, 2.75) is 13.0 Å². The fraction of sp³-hybridized carbons (Fsp3) is 0.231. The van der Waals surface area contributed by atoms with Crippen molar-refractivity contribution in [1.82, 2.24) is 0 Å². The monoisotopic (exact) mass is 251 g/mol. The topological polar surface area (TPSA) is 48.4 Å². The number of hydrogen-bond donors (Lipinski definition) is 1. The molecule has 0 radical (unpaired) electrons. The molecular formula is C13H14ClNO2. The minimum Gasteiger partial charge on any atom is -0.481 e. The van der Waals surface area contributed by atoms with Gasteiger partial charge in [-0.3, -0.25) is 0 Å². The van der Waals surface area contributed by atoms with Crippen LogP contribution in [0.1, 0.15) is 17.4 Å². The van der Waals surface area contributed by atoms with Gasteiger partial charge in [0.15, 0.2) is 6.10 Å². The third-order valence-electron chi connectivity index (χ3n) is 2.48.